The molecule has 0 bridgehead atoms. The maximum atomic E-state index is 5.37. The molecule has 0 aromatic carbocycles. The lowest BCUT2D eigenvalue weighted by molar-refractivity contribution is 0.0372. The minimum absolute atomic E-state index is 0.486. The van der Waals surface area contributed by atoms with E-state index >= 15 is 0 Å². The summed E-state index contributed by atoms with van der Waals surface area (Å²) >= 11 is 0. The molecular formula is C17H29N3O. The third kappa shape index (κ3) is 5.29. The molecule has 0 amide bonds. The van der Waals surface area contributed by atoms with E-state index in [0.717, 1.165) is 38.7 Å². The van der Waals surface area contributed by atoms with Crippen molar-refractivity contribution in [2.45, 2.75) is 32.6 Å². The van der Waals surface area contributed by atoms with Gasteiger partial charge in [-0.05, 0) is 37.4 Å². The van der Waals surface area contributed by atoms with E-state index < -0.39 is 0 Å². The number of aromatic nitrogens is 1. The molecule has 1 aliphatic rings. The number of unbranched alkanes of at least 4 members (excludes halogenated alkanes) is 1. The zero-order valence-corrected chi connectivity index (χ0v) is 13.7. The predicted molar refractivity (Wildman–Crippen MR) is 88.1 cm³/mol. The molecule has 1 aliphatic heterocycles. The molecule has 0 spiro atoms. The fourth-order valence-electron chi connectivity index (χ4n) is 2.60. The van der Waals surface area contributed by atoms with Gasteiger partial charge in [-0.15, -0.1) is 0 Å². The van der Waals surface area contributed by atoms with Gasteiger partial charge in [0, 0.05) is 32.4 Å². The monoisotopic (exact) mass is 291 g/mol. The van der Waals surface area contributed by atoms with E-state index in [0.29, 0.717) is 5.92 Å². The molecule has 2 heterocycles. The van der Waals surface area contributed by atoms with Crippen LogP contribution in [0.4, 0.5) is 5.82 Å². The Morgan fingerprint density at radius 2 is 2.00 bits per heavy atom. The first kappa shape index (κ1) is 16.2. The molecule has 1 saturated heterocycles. The van der Waals surface area contributed by atoms with Crippen LogP contribution in [0.15, 0.2) is 18.2 Å². The van der Waals surface area contributed by atoms with Crippen LogP contribution >= 0.6 is 0 Å². The van der Waals surface area contributed by atoms with E-state index in [1.807, 2.05) is 0 Å². The average molecular weight is 291 g/mol. The quantitative estimate of drug-likeness (QED) is 0.722. The summed E-state index contributed by atoms with van der Waals surface area (Å²) in [6.45, 7) is 10.6. The smallest absolute Gasteiger partial charge is 0.128 e. The van der Waals surface area contributed by atoms with Gasteiger partial charge in [-0.2, -0.15) is 0 Å². The van der Waals surface area contributed by atoms with E-state index in [1.54, 1.807) is 0 Å². The molecule has 4 nitrogen and oxygen atoms in total. The molecule has 1 fully saturated rings. The van der Waals surface area contributed by atoms with Crippen molar-refractivity contribution in [2.75, 3.05) is 51.3 Å². The van der Waals surface area contributed by atoms with Crippen molar-refractivity contribution < 1.29 is 4.74 Å². The number of rotatable bonds is 7. The SMILES string of the molecule is CC(C)c1cccc(N(C)CCCCN2CCOCC2)n1. The van der Waals surface area contributed by atoms with E-state index in [4.69, 9.17) is 9.72 Å². The van der Waals surface area contributed by atoms with Gasteiger partial charge in [-0.1, -0.05) is 19.9 Å². The molecule has 1 aromatic heterocycles. The van der Waals surface area contributed by atoms with Crippen LogP contribution in [0, 0.1) is 0 Å². The lowest BCUT2D eigenvalue weighted by Crippen LogP contribution is -2.37. The Hall–Kier alpha value is -1.13. The molecule has 0 radical (unpaired) electrons. The van der Waals surface area contributed by atoms with E-state index in [1.165, 1.54) is 25.1 Å². The van der Waals surface area contributed by atoms with Crippen LogP contribution in [-0.4, -0.2) is 56.3 Å². The lowest BCUT2D eigenvalue weighted by Gasteiger charge is -2.27. The second kappa shape index (κ2) is 8.35. The van der Waals surface area contributed by atoms with Crippen LogP contribution in [0.5, 0.6) is 0 Å². The molecule has 0 atom stereocenters. The molecule has 4 heteroatoms. The molecule has 118 valence electrons. The zero-order valence-electron chi connectivity index (χ0n) is 13.7. The van der Waals surface area contributed by atoms with E-state index in [-0.39, 0.29) is 0 Å². The summed E-state index contributed by atoms with van der Waals surface area (Å²) in [5, 5.41) is 0. The predicted octanol–water partition coefficient (Wildman–Crippen LogP) is 2.75. The van der Waals surface area contributed by atoms with Gasteiger partial charge >= 0.3 is 0 Å². The molecule has 2 rings (SSSR count). The van der Waals surface area contributed by atoms with Crippen molar-refractivity contribution in [3.8, 4) is 0 Å². The fourth-order valence-corrected chi connectivity index (χ4v) is 2.60. The maximum absolute atomic E-state index is 5.37. The van der Waals surface area contributed by atoms with Gasteiger partial charge < -0.3 is 9.64 Å². The summed E-state index contributed by atoms with van der Waals surface area (Å²) in [5.74, 6) is 1.58. The number of ether oxygens (including phenoxy) is 1. The number of nitrogens with zero attached hydrogens (tertiary/aromatic N) is 3. The van der Waals surface area contributed by atoms with Gasteiger partial charge in [-0.3, -0.25) is 4.90 Å². The van der Waals surface area contributed by atoms with Crippen LogP contribution in [0.3, 0.4) is 0 Å². The number of pyridine rings is 1. The number of morpholine rings is 1. The first-order valence-electron chi connectivity index (χ1n) is 8.15. The molecule has 0 N–H and O–H groups in total. The molecule has 0 aliphatic carbocycles. The highest BCUT2D eigenvalue weighted by Crippen LogP contribution is 2.16. The van der Waals surface area contributed by atoms with Gasteiger partial charge in [0.25, 0.3) is 0 Å². The normalized spacial score (nSPS) is 16.4. The van der Waals surface area contributed by atoms with Crippen molar-refractivity contribution >= 4 is 5.82 Å². The fraction of sp³-hybridized carbons (Fsp3) is 0.706. The molecule has 0 unspecified atom stereocenters. The topological polar surface area (TPSA) is 28.6 Å². The van der Waals surface area contributed by atoms with Gasteiger partial charge in [0.1, 0.15) is 5.82 Å². The van der Waals surface area contributed by atoms with Gasteiger partial charge in [0.05, 0.1) is 13.2 Å². The summed E-state index contributed by atoms with van der Waals surface area (Å²) in [5.41, 5.74) is 1.17. The van der Waals surface area contributed by atoms with E-state index in [2.05, 4.69) is 48.9 Å². The van der Waals surface area contributed by atoms with Crippen LogP contribution in [0.2, 0.25) is 0 Å². The highest BCUT2D eigenvalue weighted by Gasteiger charge is 2.10. The Balaban J connectivity index is 1.71. The van der Waals surface area contributed by atoms with Crippen LogP contribution in [0.1, 0.15) is 38.3 Å². The maximum Gasteiger partial charge on any atom is 0.128 e. The zero-order chi connectivity index (χ0) is 15.1. The van der Waals surface area contributed by atoms with Crippen LogP contribution < -0.4 is 4.90 Å². The lowest BCUT2D eigenvalue weighted by atomic mass is 10.1. The van der Waals surface area contributed by atoms with E-state index in [9.17, 15) is 0 Å². The van der Waals surface area contributed by atoms with Crippen molar-refractivity contribution in [1.82, 2.24) is 9.88 Å². The summed E-state index contributed by atoms with van der Waals surface area (Å²) in [6.07, 6.45) is 2.45. The first-order valence-corrected chi connectivity index (χ1v) is 8.15. The van der Waals surface area contributed by atoms with Gasteiger partial charge in [0.15, 0.2) is 0 Å². The van der Waals surface area contributed by atoms with Crippen molar-refractivity contribution in [2.24, 2.45) is 0 Å². The molecular weight excluding hydrogens is 262 g/mol. The highest BCUT2D eigenvalue weighted by atomic mass is 16.5. The van der Waals surface area contributed by atoms with Crippen LogP contribution in [-0.2, 0) is 4.74 Å². The molecule has 0 saturated carbocycles. The van der Waals surface area contributed by atoms with Gasteiger partial charge in [0.2, 0.25) is 0 Å². The summed E-state index contributed by atoms with van der Waals surface area (Å²) in [6, 6.07) is 6.33. The Kier molecular flexibility index (Phi) is 6.46. The van der Waals surface area contributed by atoms with Crippen molar-refractivity contribution in [3.05, 3.63) is 23.9 Å². The second-order valence-corrected chi connectivity index (χ2v) is 6.16. The summed E-state index contributed by atoms with van der Waals surface area (Å²) in [4.78, 5) is 9.51. The third-order valence-electron chi connectivity index (χ3n) is 4.06. The Labute approximate surface area is 129 Å². The average Bonchev–Trinajstić information content (AvgIpc) is 2.52. The Morgan fingerprint density at radius 1 is 1.24 bits per heavy atom. The highest BCUT2D eigenvalue weighted by molar-refractivity contribution is 5.38. The van der Waals surface area contributed by atoms with Crippen molar-refractivity contribution in [3.63, 3.8) is 0 Å². The minimum atomic E-state index is 0.486. The molecule has 1 aromatic rings. The second-order valence-electron chi connectivity index (χ2n) is 6.16. The standard InChI is InChI=1S/C17H29N3O/c1-15(2)16-7-6-8-17(18-16)19(3)9-4-5-10-20-11-13-21-14-12-20/h6-8,15H,4-5,9-14H2,1-3H3. The Morgan fingerprint density at radius 3 is 2.71 bits per heavy atom. The number of anilines is 1. The van der Waals surface area contributed by atoms with Crippen LogP contribution in [0.25, 0.3) is 0 Å². The third-order valence-corrected chi connectivity index (χ3v) is 4.06. The largest absolute Gasteiger partial charge is 0.379 e. The number of hydrogen-bond acceptors (Lipinski definition) is 4. The minimum Gasteiger partial charge on any atom is -0.379 e. The van der Waals surface area contributed by atoms with Gasteiger partial charge in [-0.25, -0.2) is 4.98 Å². The van der Waals surface area contributed by atoms with Crippen molar-refractivity contribution in [1.29, 1.82) is 0 Å². The summed E-state index contributed by atoms with van der Waals surface area (Å²) in [7, 11) is 2.14. The first-order chi connectivity index (χ1) is 10.2. The number of hydrogen-bond donors (Lipinski definition) is 0. The summed E-state index contributed by atoms with van der Waals surface area (Å²) < 4.78 is 5.37. The Bertz CT molecular complexity index is 416. The molecule has 21 heavy (non-hydrogen) atoms.